The van der Waals surface area contributed by atoms with Crippen molar-refractivity contribution in [3.63, 3.8) is 0 Å². The highest BCUT2D eigenvalue weighted by molar-refractivity contribution is 5.73. The Balaban J connectivity index is 1.84. The monoisotopic (exact) mass is 266 g/mol. The molecule has 4 rings (SSSR count). The summed E-state index contributed by atoms with van der Waals surface area (Å²) in [4.78, 5) is 12.3. The van der Waals surface area contributed by atoms with Gasteiger partial charge in [0.2, 0.25) is 0 Å². The van der Waals surface area contributed by atoms with Crippen LogP contribution < -0.4 is 5.69 Å². The fraction of sp³-hybridized carbons (Fsp3) is 0.0769. The summed E-state index contributed by atoms with van der Waals surface area (Å²) in [5.74, 6) is 0. The van der Waals surface area contributed by atoms with Crippen molar-refractivity contribution in [2.75, 3.05) is 0 Å². The van der Waals surface area contributed by atoms with Crippen molar-refractivity contribution < 1.29 is 0 Å². The highest BCUT2D eigenvalue weighted by Gasteiger charge is 2.07. The lowest BCUT2D eigenvalue weighted by molar-refractivity contribution is 0.468. The summed E-state index contributed by atoms with van der Waals surface area (Å²) < 4.78 is 4.55. The molecule has 0 saturated carbocycles. The van der Waals surface area contributed by atoms with Crippen LogP contribution in [0, 0.1) is 0 Å². The van der Waals surface area contributed by atoms with Gasteiger partial charge in [0.1, 0.15) is 12.2 Å². The molecule has 4 aromatic rings. The Hall–Kier alpha value is -2.96. The molecule has 0 unspecified atom stereocenters. The Morgan fingerprint density at radius 2 is 1.95 bits per heavy atom. The third-order valence-electron chi connectivity index (χ3n) is 3.22. The summed E-state index contributed by atoms with van der Waals surface area (Å²) in [6.45, 7) is 0.230. The van der Waals surface area contributed by atoms with Gasteiger partial charge in [0, 0.05) is 6.20 Å². The van der Waals surface area contributed by atoms with Crippen LogP contribution in [0.5, 0.6) is 0 Å². The maximum atomic E-state index is 12.3. The van der Waals surface area contributed by atoms with Crippen LogP contribution in [0.3, 0.4) is 0 Å². The van der Waals surface area contributed by atoms with E-state index in [2.05, 4.69) is 15.4 Å². The fourth-order valence-electron chi connectivity index (χ4n) is 2.22. The van der Waals surface area contributed by atoms with Crippen molar-refractivity contribution in [1.29, 1.82) is 0 Å². The number of fused-ring (bicyclic) bond motifs is 2. The molecule has 0 aliphatic carbocycles. The second-order valence-electron chi connectivity index (χ2n) is 4.45. The Morgan fingerprint density at radius 3 is 2.90 bits per heavy atom. The Bertz CT molecular complexity index is 963. The predicted octanol–water partition coefficient (Wildman–Crippen LogP) is 0.746. The molecule has 20 heavy (non-hydrogen) atoms. The molecule has 7 nitrogen and oxygen atoms in total. The van der Waals surface area contributed by atoms with Crippen LogP contribution in [0.1, 0.15) is 0 Å². The zero-order chi connectivity index (χ0) is 13.5. The average molecular weight is 266 g/mol. The number of hydrogen-bond acceptors (Lipinski definition) is 4. The summed E-state index contributed by atoms with van der Waals surface area (Å²) in [7, 11) is 0. The normalized spacial score (nSPS) is 11.4. The van der Waals surface area contributed by atoms with Crippen LogP contribution >= 0.6 is 0 Å². The van der Waals surface area contributed by atoms with Crippen LogP contribution in [0.15, 0.2) is 53.6 Å². The first-order chi connectivity index (χ1) is 9.83. The van der Waals surface area contributed by atoms with Crippen molar-refractivity contribution in [1.82, 2.24) is 29.2 Å². The van der Waals surface area contributed by atoms with E-state index in [1.807, 2.05) is 36.4 Å². The molecule has 98 valence electrons. The zero-order valence-electron chi connectivity index (χ0n) is 10.4. The number of aromatic nitrogens is 6. The molecule has 0 radical (unpaired) electrons. The quantitative estimate of drug-likeness (QED) is 0.536. The van der Waals surface area contributed by atoms with E-state index in [1.54, 1.807) is 21.5 Å². The summed E-state index contributed by atoms with van der Waals surface area (Å²) in [6, 6.07) is 11.3. The summed E-state index contributed by atoms with van der Waals surface area (Å²) in [6.07, 6.45) is 3.37. The fourth-order valence-corrected chi connectivity index (χ4v) is 2.22. The molecule has 3 heterocycles. The standard InChI is InChI=1S/C13H10N6O/c20-13-17-7-3-4-10(17)8-14-19(13)9-18-12-6-2-1-5-11(12)15-16-18/h1-8H,9H2. The number of nitrogens with zero attached hydrogens (tertiary/aromatic N) is 6. The van der Waals surface area contributed by atoms with Gasteiger partial charge in [-0.3, -0.25) is 4.40 Å². The number of benzene rings is 1. The van der Waals surface area contributed by atoms with E-state index in [9.17, 15) is 4.79 Å². The molecular formula is C13H10N6O. The van der Waals surface area contributed by atoms with Gasteiger partial charge in [0.05, 0.1) is 17.2 Å². The molecular weight excluding hydrogens is 256 g/mol. The number of para-hydroxylation sites is 1. The van der Waals surface area contributed by atoms with Crippen LogP contribution in [0.25, 0.3) is 16.6 Å². The smallest absolute Gasteiger partial charge is 0.267 e. The molecule has 0 N–H and O–H groups in total. The molecule has 0 bridgehead atoms. The van der Waals surface area contributed by atoms with Crippen molar-refractivity contribution in [2.24, 2.45) is 0 Å². The second-order valence-corrected chi connectivity index (χ2v) is 4.45. The van der Waals surface area contributed by atoms with Gasteiger partial charge >= 0.3 is 5.69 Å². The van der Waals surface area contributed by atoms with Crippen molar-refractivity contribution in [3.05, 3.63) is 59.3 Å². The molecule has 1 aromatic carbocycles. The Kier molecular flexibility index (Phi) is 2.19. The highest BCUT2D eigenvalue weighted by Crippen LogP contribution is 2.09. The molecule has 0 aliphatic rings. The first-order valence-electron chi connectivity index (χ1n) is 6.14. The largest absolute Gasteiger partial charge is 0.350 e. The molecule has 7 heteroatoms. The topological polar surface area (TPSA) is 70.0 Å². The van der Waals surface area contributed by atoms with E-state index in [4.69, 9.17) is 0 Å². The minimum Gasteiger partial charge on any atom is -0.267 e. The highest BCUT2D eigenvalue weighted by atomic mass is 16.2. The van der Waals surface area contributed by atoms with E-state index in [-0.39, 0.29) is 12.4 Å². The van der Waals surface area contributed by atoms with Gasteiger partial charge < -0.3 is 0 Å². The predicted molar refractivity (Wildman–Crippen MR) is 72.4 cm³/mol. The molecule has 3 aromatic heterocycles. The lowest BCUT2D eigenvalue weighted by Crippen LogP contribution is -2.30. The van der Waals surface area contributed by atoms with Crippen LogP contribution in [0.4, 0.5) is 0 Å². The van der Waals surface area contributed by atoms with Gasteiger partial charge in [-0.05, 0) is 24.3 Å². The third kappa shape index (κ3) is 1.53. The van der Waals surface area contributed by atoms with Gasteiger partial charge in [-0.25, -0.2) is 9.48 Å². The summed E-state index contributed by atoms with van der Waals surface area (Å²) >= 11 is 0. The molecule has 0 amide bonds. The first kappa shape index (κ1) is 10.9. The van der Waals surface area contributed by atoms with Gasteiger partial charge in [-0.15, -0.1) is 5.10 Å². The Morgan fingerprint density at radius 1 is 1.05 bits per heavy atom. The number of rotatable bonds is 2. The SMILES string of the molecule is O=c1n(Cn2nnc3ccccc32)ncc2cccn12. The van der Waals surface area contributed by atoms with E-state index in [0.29, 0.717) is 0 Å². The second kappa shape index (κ2) is 4.02. The third-order valence-corrected chi connectivity index (χ3v) is 3.22. The van der Waals surface area contributed by atoms with Crippen LogP contribution in [-0.4, -0.2) is 29.2 Å². The van der Waals surface area contributed by atoms with Crippen molar-refractivity contribution in [2.45, 2.75) is 6.67 Å². The molecule has 0 saturated heterocycles. The lowest BCUT2D eigenvalue weighted by Gasteiger charge is -2.05. The van der Waals surface area contributed by atoms with Gasteiger partial charge in [0.25, 0.3) is 0 Å². The first-order valence-corrected chi connectivity index (χ1v) is 6.14. The average Bonchev–Trinajstić information content (AvgIpc) is 3.10. The summed E-state index contributed by atoms with van der Waals surface area (Å²) in [5, 5.41) is 12.3. The van der Waals surface area contributed by atoms with Gasteiger partial charge in [0.15, 0.2) is 0 Å². The van der Waals surface area contributed by atoms with E-state index in [1.165, 1.54) is 4.68 Å². The van der Waals surface area contributed by atoms with Crippen molar-refractivity contribution >= 4 is 16.6 Å². The summed E-state index contributed by atoms with van der Waals surface area (Å²) in [5.41, 5.74) is 2.23. The van der Waals surface area contributed by atoms with Crippen molar-refractivity contribution in [3.8, 4) is 0 Å². The maximum absolute atomic E-state index is 12.3. The van der Waals surface area contributed by atoms with Gasteiger partial charge in [-0.1, -0.05) is 17.3 Å². The molecule has 0 spiro atoms. The zero-order valence-corrected chi connectivity index (χ0v) is 10.4. The minimum absolute atomic E-state index is 0.202. The minimum atomic E-state index is -0.202. The Labute approximate surface area is 112 Å². The van der Waals surface area contributed by atoms with Gasteiger partial charge in [-0.2, -0.15) is 9.78 Å². The number of hydrogen-bond donors (Lipinski definition) is 0. The molecule has 0 fully saturated rings. The van der Waals surface area contributed by atoms with E-state index >= 15 is 0 Å². The van der Waals surface area contributed by atoms with E-state index < -0.39 is 0 Å². The molecule has 0 aliphatic heterocycles. The van der Waals surface area contributed by atoms with Crippen LogP contribution in [0.2, 0.25) is 0 Å². The lowest BCUT2D eigenvalue weighted by atomic mass is 10.3. The van der Waals surface area contributed by atoms with E-state index in [0.717, 1.165) is 16.6 Å². The maximum Gasteiger partial charge on any atom is 0.350 e. The molecule has 0 atom stereocenters. The van der Waals surface area contributed by atoms with Crippen LogP contribution in [-0.2, 0) is 6.67 Å².